The zero-order chi connectivity index (χ0) is 13.7. The van der Waals surface area contributed by atoms with E-state index < -0.39 is 0 Å². The highest BCUT2D eigenvalue weighted by Crippen LogP contribution is 2.09. The van der Waals surface area contributed by atoms with Gasteiger partial charge in [0.05, 0.1) is 23.9 Å². The molecular weight excluding hydrogens is 240 g/mol. The fraction of sp³-hybridized carbons (Fsp3) is 0.357. The van der Waals surface area contributed by atoms with Crippen molar-refractivity contribution in [2.45, 2.75) is 25.9 Å². The minimum atomic E-state index is -0.173. The number of hydrogen-bond acceptors (Lipinski definition) is 5. The van der Waals surface area contributed by atoms with E-state index in [0.29, 0.717) is 30.7 Å². The summed E-state index contributed by atoms with van der Waals surface area (Å²) in [6, 6.07) is 9.53. The summed E-state index contributed by atoms with van der Waals surface area (Å²) in [4.78, 5) is 16.0. The van der Waals surface area contributed by atoms with Crippen molar-refractivity contribution in [3.05, 3.63) is 35.4 Å². The maximum Gasteiger partial charge on any atom is 0.177 e. The number of carbonyl (C=O) groups excluding carboxylic acids is 1. The third-order valence-corrected chi connectivity index (χ3v) is 2.96. The second-order valence-corrected chi connectivity index (χ2v) is 4.38. The summed E-state index contributed by atoms with van der Waals surface area (Å²) in [5, 5.41) is 8.86. The van der Waals surface area contributed by atoms with Gasteiger partial charge in [-0.15, -0.1) is 0 Å². The fourth-order valence-corrected chi connectivity index (χ4v) is 1.98. The first-order valence-electron chi connectivity index (χ1n) is 6.30. The van der Waals surface area contributed by atoms with E-state index in [2.05, 4.69) is 21.9 Å². The van der Waals surface area contributed by atoms with Gasteiger partial charge in [-0.2, -0.15) is 5.26 Å². The molecule has 1 unspecified atom stereocenters. The van der Waals surface area contributed by atoms with Crippen molar-refractivity contribution in [3.63, 3.8) is 0 Å². The average molecular weight is 256 g/mol. The van der Waals surface area contributed by atoms with Crippen LogP contribution < -0.4 is 10.9 Å². The molecule has 0 fully saturated rings. The summed E-state index contributed by atoms with van der Waals surface area (Å²) in [6.07, 6.45) is 0.938. The molecule has 1 aliphatic heterocycles. The summed E-state index contributed by atoms with van der Waals surface area (Å²) in [7, 11) is 0. The molecular formula is C14H16N4O. The van der Waals surface area contributed by atoms with Crippen molar-refractivity contribution in [2.75, 3.05) is 6.54 Å². The van der Waals surface area contributed by atoms with E-state index in [9.17, 15) is 4.79 Å². The summed E-state index contributed by atoms with van der Waals surface area (Å²) in [6.45, 7) is 2.29. The molecule has 1 heterocycles. The van der Waals surface area contributed by atoms with Crippen LogP contribution in [0.3, 0.4) is 0 Å². The predicted octanol–water partition coefficient (Wildman–Crippen LogP) is 0.955. The van der Waals surface area contributed by atoms with E-state index in [1.165, 1.54) is 0 Å². The quantitative estimate of drug-likeness (QED) is 0.841. The Morgan fingerprint density at radius 2 is 2.42 bits per heavy atom. The normalized spacial score (nSPS) is 18.5. The number of nitriles is 1. The molecule has 2 N–H and O–H groups in total. The molecule has 0 saturated carbocycles. The number of rotatable bonds is 4. The summed E-state index contributed by atoms with van der Waals surface area (Å²) >= 11 is 0. The van der Waals surface area contributed by atoms with Crippen molar-refractivity contribution in [1.82, 2.24) is 10.9 Å². The monoisotopic (exact) mass is 256 g/mol. The second kappa shape index (κ2) is 6.23. The van der Waals surface area contributed by atoms with Gasteiger partial charge in [0, 0.05) is 12.8 Å². The van der Waals surface area contributed by atoms with Crippen LogP contribution in [0.4, 0.5) is 0 Å². The molecule has 0 radical (unpaired) electrons. The van der Waals surface area contributed by atoms with Gasteiger partial charge in [-0.3, -0.25) is 9.79 Å². The number of carbonyl (C=O) groups is 1. The molecule has 98 valence electrons. The number of benzene rings is 1. The standard InChI is InChI=1S/C14H16N4O/c1-2-13(19)12-9-16-18-14(17-12)7-10-4-3-5-11(6-10)8-15/h3-6,14,16,18H,2,7,9H2,1H3. The summed E-state index contributed by atoms with van der Waals surface area (Å²) in [5.74, 6) is 0.0739. The van der Waals surface area contributed by atoms with E-state index in [-0.39, 0.29) is 11.9 Å². The molecule has 5 nitrogen and oxygen atoms in total. The number of hydrazine groups is 1. The number of nitrogens with one attached hydrogen (secondary N) is 2. The highest BCUT2D eigenvalue weighted by Gasteiger charge is 2.18. The Hall–Kier alpha value is -2.03. The molecule has 0 aromatic heterocycles. The van der Waals surface area contributed by atoms with Gasteiger partial charge >= 0.3 is 0 Å². The van der Waals surface area contributed by atoms with E-state index in [0.717, 1.165) is 5.56 Å². The first kappa shape index (κ1) is 13.4. The zero-order valence-corrected chi connectivity index (χ0v) is 10.8. The molecule has 1 aromatic carbocycles. The molecule has 0 spiro atoms. The average Bonchev–Trinajstić information content (AvgIpc) is 2.47. The van der Waals surface area contributed by atoms with Crippen molar-refractivity contribution in [3.8, 4) is 6.07 Å². The molecule has 5 heteroatoms. The lowest BCUT2D eigenvalue weighted by Gasteiger charge is -2.22. The van der Waals surface area contributed by atoms with E-state index in [4.69, 9.17) is 5.26 Å². The third kappa shape index (κ3) is 3.47. The van der Waals surface area contributed by atoms with Crippen LogP contribution in [0, 0.1) is 11.3 Å². The molecule has 0 amide bonds. The Labute approximate surface area is 112 Å². The number of hydrogen-bond donors (Lipinski definition) is 2. The Bertz CT molecular complexity index is 545. The van der Waals surface area contributed by atoms with Crippen LogP contribution in [-0.2, 0) is 11.2 Å². The Morgan fingerprint density at radius 3 is 3.16 bits per heavy atom. The molecule has 0 bridgehead atoms. The number of nitrogens with zero attached hydrogens (tertiary/aromatic N) is 2. The van der Waals surface area contributed by atoms with Crippen molar-refractivity contribution >= 4 is 11.5 Å². The Kier molecular flexibility index (Phi) is 4.39. The third-order valence-electron chi connectivity index (χ3n) is 2.96. The van der Waals surface area contributed by atoms with Crippen LogP contribution in [0.15, 0.2) is 29.3 Å². The number of ketones is 1. The van der Waals surface area contributed by atoms with Gasteiger partial charge in [0.2, 0.25) is 0 Å². The highest BCUT2D eigenvalue weighted by atomic mass is 16.1. The second-order valence-electron chi connectivity index (χ2n) is 4.38. The molecule has 1 aromatic rings. The van der Waals surface area contributed by atoms with Crippen LogP contribution >= 0.6 is 0 Å². The van der Waals surface area contributed by atoms with Crippen LogP contribution in [0.2, 0.25) is 0 Å². The van der Waals surface area contributed by atoms with Gasteiger partial charge < -0.3 is 0 Å². The molecule has 1 aliphatic rings. The van der Waals surface area contributed by atoms with E-state index in [1.54, 1.807) is 6.07 Å². The van der Waals surface area contributed by atoms with Gasteiger partial charge in [0.25, 0.3) is 0 Å². The van der Waals surface area contributed by atoms with E-state index in [1.807, 2.05) is 25.1 Å². The lowest BCUT2D eigenvalue weighted by molar-refractivity contribution is -0.112. The van der Waals surface area contributed by atoms with Gasteiger partial charge in [-0.05, 0) is 17.7 Å². The van der Waals surface area contributed by atoms with Crippen LogP contribution in [-0.4, -0.2) is 24.2 Å². The van der Waals surface area contributed by atoms with Crippen molar-refractivity contribution < 1.29 is 4.79 Å². The van der Waals surface area contributed by atoms with Crippen LogP contribution in [0.25, 0.3) is 0 Å². The molecule has 19 heavy (non-hydrogen) atoms. The largest absolute Gasteiger partial charge is 0.293 e. The van der Waals surface area contributed by atoms with E-state index >= 15 is 0 Å². The van der Waals surface area contributed by atoms with Crippen molar-refractivity contribution in [2.24, 2.45) is 4.99 Å². The van der Waals surface area contributed by atoms with Gasteiger partial charge in [0.15, 0.2) is 5.78 Å². The topological polar surface area (TPSA) is 77.3 Å². The molecule has 0 saturated heterocycles. The molecule has 0 aliphatic carbocycles. The highest BCUT2D eigenvalue weighted by molar-refractivity contribution is 6.40. The predicted molar refractivity (Wildman–Crippen MR) is 72.5 cm³/mol. The SMILES string of the molecule is CCC(=O)C1=NC(Cc2cccc(C#N)c2)NNC1. The minimum absolute atomic E-state index is 0.0739. The maximum atomic E-state index is 11.6. The van der Waals surface area contributed by atoms with Crippen molar-refractivity contribution in [1.29, 1.82) is 5.26 Å². The lowest BCUT2D eigenvalue weighted by Crippen LogP contribution is -2.50. The van der Waals surface area contributed by atoms with Gasteiger partial charge in [0.1, 0.15) is 6.17 Å². The van der Waals surface area contributed by atoms with Crippen LogP contribution in [0.1, 0.15) is 24.5 Å². The fourth-order valence-electron chi connectivity index (χ4n) is 1.98. The maximum absolute atomic E-state index is 11.6. The summed E-state index contributed by atoms with van der Waals surface area (Å²) in [5.41, 5.74) is 8.26. The zero-order valence-electron chi connectivity index (χ0n) is 10.8. The Morgan fingerprint density at radius 1 is 1.58 bits per heavy atom. The number of Topliss-reactive ketones (excluding diaryl/α,β-unsaturated/α-hetero) is 1. The molecule has 2 rings (SSSR count). The lowest BCUT2D eigenvalue weighted by atomic mass is 10.1. The van der Waals surface area contributed by atoms with Gasteiger partial charge in [-0.1, -0.05) is 19.1 Å². The molecule has 1 atom stereocenters. The van der Waals surface area contributed by atoms with Gasteiger partial charge in [-0.25, -0.2) is 10.9 Å². The first-order valence-corrected chi connectivity index (χ1v) is 6.30. The number of aliphatic imine (C=N–C) groups is 1. The minimum Gasteiger partial charge on any atom is -0.293 e. The van der Waals surface area contributed by atoms with Crippen LogP contribution in [0.5, 0.6) is 0 Å². The smallest absolute Gasteiger partial charge is 0.177 e. The summed E-state index contributed by atoms with van der Waals surface area (Å²) < 4.78 is 0. The Balaban J connectivity index is 2.10. The first-order chi connectivity index (χ1) is 9.22.